The van der Waals surface area contributed by atoms with Gasteiger partial charge in [0.05, 0.1) is 16.8 Å². The lowest BCUT2D eigenvalue weighted by molar-refractivity contribution is -0.384. The number of rotatable bonds is 9. The third-order valence-corrected chi connectivity index (χ3v) is 8.87. The molecule has 43 heavy (non-hydrogen) atoms. The van der Waals surface area contributed by atoms with Crippen LogP contribution in [-0.2, 0) is 19.7 Å². The van der Waals surface area contributed by atoms with Crippen LogP contribution in [0, 0.1) is 28.9 Å². The Bertz CT molecular complexity index is 1680. The molecule has 0 bridgehead atoms. The van der Waals surface area contributed by atoms with Crippen LogP contribution in [0.4, 0.5) is 5.69 Å². The van der Waals surface area contributed by atoms with E-state index in [4.69, 9.17) is 4.18 Å². The van der Waals surface area contributed by atoms with Gasteiger partial charge in [-0.3, -0.25) is 29.3 Å². The average molecular weight is 606 g/mol. The number of Topliss-reactive ketones (excluding diaryl/α,β-unsaturated/α-hetero) is 1. The van der Waals surface area contributed by atoms with E-state index in [1.165, 1.54) is 48.5 Å². The third-order valence-electron chi connectivity index (χ3n) is 7.60. The first-order valence-corrected chi connectivity index (χ1v) is 15.0. The number of nitrogens with zero attached hydrogens (tertiary/aromatic N) is 3. The van der Waals surface area contributed by atoms with Crippen molar-refractivity contribution in [2.75, 3.05) is 6.54 Å². The summed E-state index contributed by atoms with van der Waals surface area (Å²) in [4.78, 5) is 64.1. The Labute approximate surface area is 247 Å². The molecule has 2 aliphatic rings. The number of aryl methyl sites for hydroxylation is 1. The summed E-state index contributed by atoms with van der Waals surface area (Å²) in [5.74, 6) is -3.85. The van der Waals surface area contributed by atoms with Crippen LogP contribution >= 0.6 is 0 Å². The molecule has 1 aliphatic carbocycles. The van der Waals surface area contributed by atoms with Gasteiger partial charge >= 0.3 is 10.1 Å². The molecule has 1 aliphatic heterocycles. The molecule has 13 heteroatoms. The van der Waals surface area contributed by atoms with E-state index in [1.807, 2.05) is 6.92 Å². The summed E-state index contributed by atoms with van der Waals surface area (Å²) in [5, 5.41) is 12.6. The Kier molecular flexibility index (Phi) is 8.09. The predicted octanol–water partition coefficient (Wildman–Crippen LogP) is 4.09. The molecule has 1 saturated heterocycles. The van der Waals surface area contributed by atoms with E-state index in [0.29, 0.717) is 12.8 Å². The summed E-state index contributed by atoms with van der Waals surface area (Å²) in [6, 6.07) is 15.9. The normalized spacial score (nSPS) is 18.2. The summed E-state index contributed by atoms with van der Waals surface area (Å²) < 4.78 is 30.4. The van der Waals surface area contributed by atoms with E-state index in [2.05, 4.69) is 0 Å². The molecule has 3 aromatic rings. The first-order valence-electron chi connectivity index (χ1n) is 13.5. The topological polar surface area (TPSA) is 161 Å². The highest BCUT2D eigenvalue weighted by molar-refractivity contribution is 7.87. The van der Waals surface area contributed by atoms with Gasteiger partial charge in [0.1, 0.15) is 17.2 Å². The SMILES string of the molecule is Cc1ccc(S(=O)(=O)Oc2ccc(C(=O)CN(C(=O)c3ccc([N+](=O)[O-])cc3)N3C(=O)[C@H]4CCCC[C@@H]4C3=O)cc2)cc1. The molecule has 3 amide bonds. The molecule has 12 nitrogen and oxygen atoms in total. The van der Waals surface area contributed by atoms with Crippen molar-refractivity contribution in [3.05, 3.63) is 99.6 Å². The molecule has 222 valence electrons. The van der Waals surface area contributed by atoms with Gasteiger partial charge in [0, 0.05) is 23.3 Å². The number of carbonyl (C=O) groups is 4. The summed E-state index contributed by atoms with van der Waals surface area (Å²) >= 11 is 0. The van der Waals surface area contributed by atoms with Gasteiger partial charge in [-0.25, -0.2) is 5.01 Å². The maximum absolute atomic E-state index is 13.6. The van der Waals surface area contributed by atoms with Crippen molar-refractivity contribution >= 4 is 39.3 Å². The number of carbonyl (C=O) groups excluding carboxylic acids is 4. The maximum atomic E-state index is 13.6. The zero-order valence-electron chi connectivity index (χ0n) is 23.0. The molecule has 0 spiro atoms. The molecular weight excluding hydrogens is 578 g/mol. The molecule has 0 unspecified atom stereocenters. The first kappa shape index (κ1) is 29.6. The van der Waals surface area contributed by atoms with Crippen LogP contribution in [0.3, 0.4) is 0 Å². The number of ketones is 1. The molecule has 2 fully saturated rings. The monoisotopic (exact) mass is 605 g/mol. The van der Waals surface area contributed by atoms with Gasteiger partial charge in [0.2, 0.25) is 0 Å². The van der Waals surface area contributed by atoms with E-state index in [0.717, 1.165) is 40.6 Å². The highest BCUT2D eigenvalue weighted by Gasteiger charge is 2.51. The van der Waals surface area contributed by atoms with Gasteiger partial charge in [-0.1, -0.05) is 30.5 Å². The van der Waals surface area contributed by atoms with E-state index >= 15 is 0 Å². The summed E-state index contributed by atoms with van der Waals surface area (Å²) in [6.45, 7) is 1.13. The van der Waals surface area contributed by atoms with Crippen molar-refractivity contribution in [3.8, 4) is 5.75 Å². The fraction of sp³-hybridized carbons (Fsp3) is 0.267. The molecule has 0 radical (unpaired) electrons. The molecule has 1 heterocycles. The first-order chi connectivity index (χ1) is 20.5. The van der Waals surface area contributed by atoms with E-state index in [1.54, 1.807) is 12.1 Å². The third kappa shape index (κ3) is 6.02. The standard InChI is InChI=1S/C30H27N3O9S/c1-19-6-16-24(17-7-19)43(40,41)42-23-14-10-20(11-15-23)27(34)18-31(28(35)21-8-12-22(13-9-21)33(38)39)32-29(36)25-4-2-3-5-26(25)30(32)37/h6-17,25-26H,2-5,18H2,1H3/t25-,26-/m0/s1. The van der Waals surface area contributed by atoms with Crippen LogP contribution in [0.5, 0.6) is 5.75 Å². The molecule has 2 atom stereocenters. The van der Waals surface area contributed by atoms with Crippen molar-refractivity contribution in [2.24, 2.45) is 11.8 Å². The van der Waals surface area contributed by atoms with Crippen LogP contribution in [0.2, 0.25) is 0 Å². The molecular formula is C30H27N3O9S. The van der Waals surface area contributed by atoms with Crippen LogP contribution in [0.25, 0.3) is 0 Å². The van der Waals surface area contributed by atoms with Gasteiger partial charge in [-0.05, 0) is 68.3 Å². The highest BCUT2D eigenvalue weighted by Crippen LogP contribution is 2.39. The number of imide groups is 1. The molecule has 5 rings (SSSR count). The van der Waals surface area contributed by atoms with Crippen molar-refractivity contribution in [1.82, 2.24) is 10.0 Å². The predicted molar refractivity (Wildman–Crippen MR) is 151 cm³/mol. The second kappa shape index (κ2) is 11.8. The zero-order chi connectivity index (χ0) is 30.9. The summed E-state index contributed by atoms with van der Waals surface area (Å²) in [5.41, 5.74) is 0.626. The van der Waals surface area contributed by atoms with Gasteiger partial charge in [-0.2, -0.15) is 13.4 Å². The Hall–Kier alpha value is -4.91. The van der Waals surface area contributed by atoms with Crippen molar-refractivity contribution in [2.45, 2.75) is 37.5 Å². The van der Waals surface area contributed by atoms with Crippen LogP contribution < -0.4 is 4.18 Å². The van der Waals surface area contributed by atoms with Crippen molar-refractivity contribution in [3.63, 3.8) is 0 Å². The smallest absolute Gasteiger partial charge is 0.339 e. The number of amides is 3. The van der Waals surface area contributed by atoms with Crippen LogP contribution in [0.1, 0.15) is 52.0 Å². The number of benzene rings is 3. The lowest BCUT2D eigenvalue weighted by Crippen LogP contribution is -2.52. The lowest BCUT2D eigenvalue weighted by atomic mass is 9.81. The quantitative estimate of drug-likeness (QED) is 0.115. The largest absolute Gasteiger partial charge is 0.379 e. The number of hydrogen-bond donors (Lipinski definition) is 0. The van der Waals surface area contributed by atoms with Gasteiger partial charge in [0.15, 0.2) is 5.78 Å². The second-order valence-corrected chi connectivity index (χ2v) is 12.0. The minimum Gasteiger partial charge on any atom is -0.379 e. The number of nitro groups is 1. The number of fused-ring (bicyclic) bond motifs is 1. The second-order valence-electron chi connectivity index (χ2n) is 10.5. The zero-order valence-corrected chi connectivity index (χ0v) is 23.9. The Morgan fingerprint density at radius 2 is 1.42 bits per heavy atom. The summed E-state index contributed by atoms with van der Waals surface area (Å²) in [7, 11) is -4.13. The highest BCUT2D eigenvalue weighted by atomic mass is 32.2. The van der Waals surface area contributed by atoms with Crippen molar-refractivity contribution in [1.29, 1.82) is 0 Å². The lowest BCUT2D eigenvalue weighted by Gasteiger charge is -2.30. The average Bonchev–Trinajstić information content (AvgIpc) is 3.25. The molecule has 3 aromatic carbocycles. The van der Waals surface area contributed by atoms with Crippen LogP contribution in [0.15, 0.2) is 77.7 Å². The minimum absolute atomic E-state index is 0.0424. The van der Waals surface area contributed by atoms with Crippen molar-refractivity contribution < 1.29 is 36.7 Å². The van der Waals surface area contributed by atoms with Gasteiger partial charge < -0.3 is 4.18 Å². The molecule has 0 aromatic heterocycles. The Balaban J connectivity index is 1.39. The fourth-order valence-electron chi connectivity index (χ4n) is 5.29. The number of hydrogen-bond acceptors (Lipinski definition) is 9. The van der Waals surface area contributed by atoms with Gasteiger partial charge in [0.25, 0.3) is 23.4 Å². The Morgan fingerprint density at radius 1 is 0.884 bits per heavy atom. The van der Waals surface area contributed by atoms with E-state index in [-0.39, 0.29) is 27.5 Å². The fourth-order valence-corrected chi connectivity index (χ4v) is 6.22. The Morgan fingerprint density at radius 3 is 1.95 bits per heavy atom. The van der Waals surface area contributed by atoms with E-state index < -0.39 is 56.9 Å². The summed E-state index contributed by atoms with van der Waals surface area (Å²) in [6.07, 6.45) is 2.51. The minimum atomic E-state index is -4.13. The number of nitro benzene ring substituents is 1. The maximum Gasteiger partial charge on any atom is 0.339 e. The number of hydrazine groups is 1. The molecule has 0 N–H and O–H groups in total. The number of non-ortho nitro benzene ring substituents is 1. The van der Waals surface area contributed by atoms with Crippen LogP contribution in [-0.4, -0.2) is 53.4 Å². The van der Waals surface area contributed by atoms with E-state index in [9.17, 15) is 37.7 Å². The molecule has 1 saturated carbocycles. The van der Waals surface area contributed by atoms with Gasteiger partial charge in [-0.15, -0.1) is 0 Å².